The van der Waals surface area contributed by atoms with Gasteiger partial charge in [0, 0.05) is 57.4 Å². The van der Waals surface area contributed by atoms with Crippen molar-refractivity contribution < 1.29 is 4.74 Å². The van der Waals surface area contributed by atoms with E-state index in [1.807, 2.05) is 19.3 Å². The van der Waals surface area contributed by atoms with Crippen LogP contribution in [0.25, 0.3) is 0 Å². The van der Waals surface area contributed by atoms with Crippen LogP contribution >= 0.6 is 0 Å². The van der Waals surface area contributed by atoms with E-state index in [1.165, 1.54) is 0 Å². The van der Waals surface area contributed by atoms with Crippen molar-refractivity contribution in [3.05, 3.63) is 30.5 Å². The van der Waals surface area contributed by atoms with Gasteiger partial charge in [0.05, 0.1) is 13.2 Å². The van der Waals surface area contributed by atoms with Gasteiger partial charge in [-0.1, -0.05) is 0 Å². The first-order valence-corrected chi connectivity index (χ1v) is 8.23. The molecule has 1 fully saturated rings. The van der Waals surface area contributed by atoms with Gasteiger partial charge < -0.3 is 14.2 Å². The lowest BCUT2D eigenvalue weighted by Gasteiger charge is -2.34. The number of rotatable bonds is 6. The Kier molecular flexibility index (Phi) is 5.07. The first kappa shape index (κ1) is 15.7. The van der Waals surface area contributed by atoms with Crippen LogP contribution in [0.15, 0.2) is 24.7 Å². The zero-order valence-electron chi connectivity index (χ0n) is 13.9. The van der Waals surface area contributed by atoms with Gasteiger partial charge in [0.1, 0.15) is 5.82 Å². The topological polar surface area (TPSA) is 59.3 Å². The van der Waals surface area contributed by atoms with Gasteiger partial charge in [0.25, 0.3) is 0 Å². The van der Waals surface area contributed by atoms with Crippen molar-refractivity contribution in [2.75, 3.05) is 37.7 Å². The van der Waals surface area contributed by atoms with E-state index in [9.17, 15) is 0 Å². The number of hydrogen-bond donors (Lipinski definition) is 0. The minimum Gasteiger partial charge on any atom is -0.478 e. The van der Waals surface area contributed by atoms with Gasteiger partial charge in [-0.15, -0.1) is 0 Å². The average Bonchev–Trinajstić information content (AvgIpc) is 3.03. The van der Waals surface area contributed by atoms with E-state index in [0.717, 1.165) is 51.0 Å². The molecule has 0 bridgehead atoms. The number of aryl methyl sites for hydroxylation is 1. The molecule has 0 unspecified atom stereocenters. The monoisotopic (exact) mass is 316 g/mol. The second-order valence-electron chi connectivity index (χ2n) is 5.52. The molecule has 2 aromatic rings. The van der Waals surface area contributed by atoms with Gasteiger partial charge >= 0.3 is 0 Å². The van der Waals surface area contributed by atoms with E-state index in [1.54, 1.807) is 12.3 Å². The van der Waals surface area contributed by atoms with E-state index in [0.29, 0.717) is 12.5 Å². The summed E-state index contributed by atoms with van der Waals surface area (Å²) in [6, 6.07) is 1.80. The minimum absolute atomic E-state index is 0.619. The lowest BCUT2D eigenvalue weighted by atomic mass is 10.3. The molecule has 1 saturated heterocycles. The first-order valence-electron chi connectivity index (χ1n) is 8.23. The highest BCUT2D eigenvalue weighted by Gasteiger charge is 2.20. The van der Waals surface area contributed by atoms with Gasteiger partial charge in [-0.3, -0.25) is 4.90 Å². The van der Waals surface area contributed by atoms with Gasteiger partial charge in [0.2, 0.25) is 11.8 Å². The average molecular weight is 316 g/mol. The molecule has 2 aromatic heterocycles. The van der Waals surface area contributed by atoms with Gasteiger partial charge in [0.15, 0.2) is 0 Å². The van der Waals surface area contributed by atoms with Crippen molar-refractivity contribution in [1.29, 1.82) is 0 Å². The third-order valence-electron chi connectivity index (χ3n) is 4.07. The molecular formula is C16H24N6O. The van der Waals surface area contributed by atoms with Crippen LogP contribution in [0.5, 0.6) is 5.88 Å². The summed E-state index contributed by atoms with van der Waals surface area (Å²) in [5.74, 6) is 2.53. The molecule has 3 rings (SSSR count). The molecule has 1 aliphatic heterocycles. The predicted molar refractivity (Wildman–Crippen MR) is 88.6 cm³/mol. The number of piperazine rings is 1. The summed E-state index contributed by atoms with van der Waals surface area (Å²) in [4.78, 5) is 17.9. The summed E-state index contributed by atoms with van der Waals surface area (Å²) in [7, 11) is 0. The molecule has 0 N–H and O–H groups in total. The Morgan fingerprint density at radius 1 is 1.09 bits per heavy atom. The van der Waals surface area contributed by atoms with Crippen molar-refractivity contribution in [2.24, 2.45) is 0 Å². The summed E-state index contributed by atoms with van der Waals surface area (Å²) in [5.41, 5.74) is 0. The van der Waals surface area contributed by atoms with Crippen LogP contribution in [0.2, 0.25) is 0 Å². The molecule has 0 radical (unpaired) electrons. The van der Waals surface area contributed by atoms with Crippen molar-refractivity contribution in [2.45, 2.75) is 26.9 Å². The van der Waals surface area contributed by atoms with E-state index in [2.05, 4.69) is 36.2 Å². The Morgan fingerprint density at radius 3 is 2.65 bits per heavy atom. The Bertz CT molecular complexity index is 621. The van der Waals surface area contributed by atoms with Crippen LogP contribution < -0.4 is 9.64 Å². The summed E-state index contributed by atoms with van der Waals surface area (Å²) in [6.45, 7) is 10.4. The zero-order valence-corrected chi connectivity index (χ0v) is 13.9. The van der Waals surface area contributed by atoms with E-state index < -0.39 is 0 Å². The van der Waals surface area contributed by atoms with Crippen LogP contribution in [0, 0.1) is 0 Å². The molecule has 0 saturated carbocycles. The molecule has 3 heterocycles. The van der Waals surface area contributed by atoms with Crippen molar-refractivity contribution >= 4 is 5.95 Å². The summed E-state index contributed by atoms with van der Waals surface area (Å²) in [6.07, 6.45) is 5.68. The van der Waals surface area contributed by atoms with Crippen molar-refractivity contribution in [1.82, 2.24) is 24.4 Å². The van der Waals surface area contributed by atoms with E-state index >= 15 is 0 Å². The van der Waals surface area contributed by atoms with Crippen LogP contribution in [0.1, 0.15) is 19.7 Å². The smallest absolute Gasteiger partial charge is 0.228 e. The molecule has 0 amide bonds. The number of aromatic nitrogens is 4. The molecule has 0 aliphatic carbocycles. The van der Waals surface area contributed by atoms with Gasteiger partial charge in [-0.05, 0) is 13.8 Å². The molecule has 0 spiro atoms. The fraction of sp³-hybridized carbons (Fsp3) is 0.562. The summed E-state index contributed by atoms with van der Waals surface area (Å²) in [5, 5.41) is 0. The maximum atomic E-state index is 5.45. The first-order chi connectivity index (χ1) is 11.3. The summed E-state index contributed by atoms with van der Waals surface area (Å²) >= 11 is 0. The molecule has 0 aromatic carbocycles. The highest BCUT2D eigenvalue weighted by atomic mass is 16.5. The number of anilines is 1. The van der Waals surface area contributed by atoms with Crippen LogP contribution in [-0.2, 0) is 13.1 Å². The zero-order chi connectivity index (χ0) is 16.1. The highest BCUT2D eigenvalue weighted by Crippen LogP contribution is 2.15. The van der Waals surface area contributed by atoms with E-state index in [-0.39, 0.29) is 0 Å². The lowest BCUT2D eigenvalue weighted by molar-refractivity contribution is 0.239. The summed E-state index contributed by atoms with van der Waals surface area (Å²) < 4.78 is 7.65. The number of hydrogen-bond acceptors (Lipinski definition) is 6. The Balaban J connectivity index is 1.57. The van der Waals surface area contributed by atoms with E-state index in [4.69, 9.17) is 4.74 Å². The minimum atomic E-state index is 0.619. The molecule has 7 heteroatoms. The molecule has 7 nitrogen and oxygen atoms in total. The molecule has 0 atom stereocenters. The highest BCUT2D eigenvalue weighted by molar-refractivity contribution is 5.32. The Hall–Kier alpha value is -2.15. The van der Waals surface area contributed by atoms with Crippen LogP contribution in [-0.4, -0.2) is 57.2 Å². The largest absolute Gasteiger partial charge is 0.478 e. The second kappa shape index (κ2) is 7.41. The second-order valence-corrected chi connectivity index (χ2v) is 5.52. The fourth-order valence-electron chi connectivity index (χ4n) is 2.80. The molecule has 124 valence electrons. The Labute approximate surface area is 136 Å². The van der Waals surface area contributed by atoms with Gasteiger partial charge in [-0.25, -0.2) is 9.97 Å². The van der Waals surface area contributed by atoms with Crippen LogP contribution in [0.3, 0.4) is 0 Å². The SMILES string of the molecule is CCOc1ccnc(N2CCN(Cc3nccn3CC)CC2)n1. The number of ether oxygens (including phenoxy) is 1. The number of nitrogens with zero attached hydrogens (tertiary/aromatic N) is 6. The normalized spacial score (nSPS) is 15.8. The Morgan fingerprint density at radius 2 is 1.91 bits per heavy atom. The van der Waals surface area contributed by atoms with Crippen LogP contribution in [0.4, 0.5) is 5.95 Å². The molecule has 1 aliphatic rings. The van der Waals surface area contributed by atoms with Gasteiger partial charge in [-0.2, -0.15) is 4.98 Å². The number of imidazole rings is 1. The maximum absolute atomic E-state index is 5.45. The molecular weight excluding hydrogens is 292 g/mol. The quantitative estimate of drug-likeness (QED) is 0.803. The third-order valence-corrected chi connectivity index (χ3v) is 4.07. The van der Waals surface area contributed by atoms with Crippen molar-refractivity contribution in [3.8, 4) is 5.88 Å². The fourth-order valence-corrected chi connectivity index (χ4v) is 2.80. The standard InChI is InChI=1S/C16H24N6O/c1-3-21-8-7-17-14(21)13-20-9-11-22(12-10-20)16-18-6-5-15(19-16)23-4-2/h5-8H,3-4,9-13H2,1-2H3. The maximum Gasteiger partial charge on any atom is 0.228 e. The lowest BCUT2D eigenvalue weighted by Crippen LogP contribution is -2.46. The van der Waals surface area contributed by atoms with Crippen molar-refractivity contribution in [3.63, 3.8) is 0 Å². The third kappa shape index (κ3) is 3.79. The predicted octanol–water partition coefficient (Wildman–Crippen LogP) is 1.41. The molecule has 23 heavy (non-hydrogen) atoms.